The highest BCUT2D eigenvalue weighted by Crippen LogP contribution is 2.19. The first-order chi connectivity index (χ1) is 10.9. The lowest BCUT2D eigenvalue weighted by atomic mass is 10.3. The summed E-state index contributed by atoms with van der Waals surface area (Å²) < 4.78 is 31.7. The maximum atomic E-state index is 12.4. The van der Waals surface area contributed by atoms with Crippen LogP contribution in [0.2, 0.25) is 0 Å². The van der Waals surface area contributed by atoms with Gasteiger partial charge in [-0.2, -0.15) is 4.31 Å². The molecule has 0 amide bonds. The maximum absolute atomic E-state index is 12.4. The molecule has 0 aliphatic rings. The number of aryl methyl sites for hydroxylation is 2. The Morgan fingerprint density at radius 2 is 1.74 bits per heavy atom. The van der Waals surface area contributed by atoms with Gasteiger partial charge in [0.25, 0.3) is 0 Å². The van der Waals surface area contributed by atoms with Crippen molar-refractivity contribution in [1.82, 2.24) is 9.29 Å². The van der Waals surface area contributed by atoms with Crippen molar-refractivity contribution in [1.29, 1.82) is 0 Å². The molecule has 126 valence electrons. The first kappa shape index (κ1) is 17.5. The van der Waals surface area contributed by atoms with E-state index in [0.29, 0.717) is 30.4 Å². The molecule has 1 heterocycles. The Morgan fingerprint density at radius 3 is 2.22 bits per heavy atom. The Morgan fingerprint density at radius 1 is 1.13 bits per heavy atom. The van der Waals surface area contributed by atoms with E-state index < -0.39 is 10.0 Å². The van der Waals surface area contributed by atoms with Gasteiger partial charge in [0.2, 0.25) is 15.9 Å². The van der Waals surface area contributed by atoms with Gasteiger partial charge >= 0.3 is 0 Å². The fourth-order valence-electron chi connectivity index (χ4n) is 2.25. The van der Waals surface area contributed by atoms with Crippen molar-refractivity contribution < 1.29 is 12.8 Å². The molecule has 0 aliphatic heterocycles. The zero-order valence-electron chi connectivity index (χ0n) is 14.0. The molecule has 7 heteroatoms. The molecule has 0 saturated heterocycles. The molecule has 0 spiro atoms. The summed E-state index contributed by atoms with van der Waals surface area (Å²) in [6.07, 6.45) is 0. The van der Waals surface area contributed by atoms with Crippen molar-refractivity contribution in [3.05, 3.63) is 41.6 Å². The van der Waals surface area contributed by atoms with Crippen LogP contribution < -0.4 is 5.32 Å². The molecule has 23 heavy (non-hydrogen) atoms. The van der Waals surface area contributed by atoms with Gasteiger partial charge in [0, 0.05) is 18.8 Å². The quantitative estimate of drug-likeness (QED) is 0.841. The van der Waals surface area contributed by atoms with Crippen molar-refractivity contribution in [2.45, 2.75) is 39.1 Å². The summed E-state index contributed by atoms with van der Waals surface area (Å²) in [6.45, 7) is 8.81. The first-order valence-corrected chi connectivity index (χ1v) is 9.09. The van der Waals surface area contributed by atoms with Crippen molar-refractivity contribution in [2.24, 2.45) is 0 Å². The Balaban J connectivity index is 2.07. The average molecular weight is 337 g/mol. The molecule has 6 nitrogen and oxygen atoms in total. The fourth-order valence-corrected chi connectivity index (χ4v) is 3.71. The molecule has 2 aromatic rings. The van der Waals surface area contributed by atoms with Gasteiger partial charge in [0.05, 0.1) is 17.1 Å². The summed E-state index contributed by atoms with van der Waals surface area (Å²) in [5, 5.41) is 3.17. The molecule has 0 saturated carbocycles. The van der Waals surface area contributed by atoms with Crippen LogP contribution in [-0.4, -0.2) is 30.8 Å². The van der Waals surface area contributed by atoms with Gasteiger partial charge in [-0.15, -0.1) is 0 Å². The number of hydrogen-bond acceptors (Lipinski definition) is 5. The third-order valence-electron chi connectivity index (χ3n) is 3.71. The lowest BCUT2D eigenvalue weighted by Gasteiger charge is -2.18. The SMILES string of the molecule is CCN(CC)S(=O)(=O)c1ccc(NCc2nc(C)c(C)o2)cc1. The highest BCUT2D eigenvalue weighted by atomic mass is 32.2. The number of sulfonamides is 1. The van der Waals surface area contributed by atoms with Gasteiger partial charge in [-0.25, -0.2) is 13.4 Å². The molecular formula is C16H23N3O3S. The maximum Gasteiger partial charge on any atom is 0.243 e. The van der Waals surface area contributed by atoms with Gasteiger partial charge in [-0.05, 0) is 38.1 Å². The van der Waals surface area contributed by atoms with Crippen LogP contribution in [0.5, 0.6) is 0 Å². The van der Waals surface area contributed by atoms with E-state index in [-0.39, 0.29) is 0 Å². The van der Waals surface area contributed by atoms with Gasteiger partial charge < -0.3 is 9.73 Å². The molecule has 0 aliphatic carbocycles. The molecule has 0 radical (unpaired) electrons. The summed E-state index contributed by atoms with van der Waals surface area (Å²) in [4.78, 5) is 4.60. The molecular weight excluding hydrogens is 314 g/mol. The Kier molecular flexibility index (Phi) is 5.43. The third-order valence-corrected chi connectivity index (χ3v) is 5.78. The van der Waals surface area contributed by atoms with Crippen LogP contribution in [0, 0.1) is 13.8 Å². The Bertz CT molecular complexity index is 728. The second-order valence-electron chi connectivity index (χ2n) is 5.22. The Hall–Kier alpha value is -1.86. The minimum absolute atomic E-state index is 0.301. The molecule has 0 atom stereocenters. The van der Waals surface area contributed by atoms with E-state index in [9.17, 15) is 8.42 Å². The second-order valence-corrected chi connectivity index (χ2v) is 7.15. The van der Waals surface area contributed by atoms with Crippen LogP contribution in [-0.2, 0) is 16.6 Å². The zero-order valence-corrected chi connectivity index (χ0v) is 14.8. The van der Waals surface area contributed by atoms with Crippen molar-refractivity contribution >= 4 is 15.7 Å². The molecule has 1 aromatic heterocycles. The second kappa shape index (κ2) is 7.14. The van der Waals surface area contributed by atoms with Crippen molar-refractivity contribution in [3.63, 3.8) is 0 Å². The van der Waals surface area contributed by atoms with Gasteiger partial charge in [0.1, 0.15) is 5.76 Å². The minimum Gasteiger partial charge on any atom is -0.444 e. The standard InChI is InChI=1S/C16H23N3O3S/c1-5-19(6-2)23(20,21)15-9-7-14(8-10-15)17-11-16-18-12(3)13(4)22-16/h7-10,17H,5-6,11H2,1-4H3. The number of nitrogens with zero attached hydrogens (tertiary/aromatic N) is 2. The van der Waals surface area contributed by atoms with E-state index in [1.807, 2.05) is 27.7 Å². The Labute approximate surface area is 137 Å². The lowest BCUT2D eigenvalue weighted by Crippen LogP contribution is -2.30. The van der Waals surface area contributed by atoms with E-state index in [1.54, 1.807) is 24.3 Å². The summed E-state index contributed by atoms with van der Waals surface area (Å²) in [5.74, 6) is 1.42. The smallest absolute Gasteiger partial charge is 0.243 e. The molecule has 1 N–H and O–H groups in total. The van der Waals surface area contributed by atoms with E-state index in [1.165, 1.54) is 4.31 Å². The largest absolute Gasteiger partial charge is 0.444 e. The number of benzene rings is 1. The van der Waals surface area contributed by atoms with Gasteiger partial charge in [0.15, 0.2) is 0 Å². The summed E-state index contributed by atoms with van der Waals surface area (Å²) in [5.41, 5.74) is 1.69. The number of hydrogen-bond donors (Lipinski definition) is 1. The molecule has 0 fully saturated rings. The number of rotatable bonds is 7. The van der Waals surface area contributed by atoms with Gasteiger partial charge in [-0.1, -0.05) is 13.8 Å². The van der Waals surface area contributed by atoms with Crippen LogP contribution in [0.15, 0.2) is 33.6 Å². The number of anilines is 1. The average Bonchev–Trinajstić information content (AvgIpc) is 2.85. The minimum atomic E-state index is -3.41. The van der Waals surface area contributed by atoms with Crippen LogP contribution in [0.25, 0.3) is 0 Å². The predicted molar refractivity (Wildman–Crippen MR) is 89.9 cm³/mol. The van der Waals surface area contributed by atoms with E-state index >= 15 is 0 Å². The number of aromatic nitrogens is 1. The van der Waals surface area contributed by atoms with Crippen molar-refractivity contribution in [2.75, 3.05) is 18.4 Å². The van der Waals surface area contributed by atoms with E-state index in [2.05, 4.69) is 10.3 Å². The molecule has 0 unspecified atom stereocenters. The number of nitrogens with one attached hydrogen (secondary N) is 1. The molecule has 1 aromatic carbocycles. The van der Waals surface area contributed by atoms with Crippen LogP contribution in [0.4, 0.5) is 5.69 Å². The van der Waals surface area contributed by atoms with E-state index in [0.717, 1.165) is 17.1 Å². The lowest BCUT2D eigenvalue weighted by molar-refractivity contribution is 0.445. The number of oxazole rings is 1. The summed E-state index contributed by atoms with van der Waals surface area (Å²) >= 11 is 0. The third kappa shape index (κ3) is 3.92. The van der Waals surface area contributed by atoms with Gasteiger partial charge in [-0.3, -0.25) is 0 Å². The van der Waals surface area contributed by atoms with Crippen molar-refractivity contribution in [3.8, 4) is 0 Å². The fraction of sp³-hybridized carbons (Fsp3) is 0.438. The van der Waals surface area contributed by atoms with Crippen LogP contribution in [0.1, 0.15) is 31.2 Å². The predicted octanol–water partition coefficient (Wildman–Crippen LogP) is 2.93. The first-order valence-electron chi connectivity index (χ1n) is 7.65. The summed E-state index contributed by atoms with van der Waals surface area (Å²) in [6, 6.07) is 6.72. The van der Waals surface area contributed by atoms with Crippen LogP contribution in [0.3, 0.4) is 0 Å². The monoisotopic (exact) mass is 337 g/mol. The van der Waals surface area contributed by atoms with Crippen LogP contribution >= 0.6 is 0 Å². The molecule has 0 bridgehead atoms. The highest BCUT2D eigenvalue weighted by molar-refractivity contribution is 7.89. The van der Waals surface area contributed by atoms with E-state index in [4.69, 9.17) is 4.42 Å². The normalized spacial score (nSPS) is 11.9. The zero-order chi connectivity index (χ0) is 17.0. The summed E-state index contributed by atoms with van der Waals surface area (Å²) in [7, 11) is -3.41. The highest BCUT2D eigenvalue weighted by Gasteiger charge is 2.21. The molecule has 2 rings (SSSR count). The topological polar surface area (TPSA) is 75.4 Å².